The first-order valence-corrected chi connectivity index (χ1v) is 10.2. The normalized spacial score (nSPS) is 15.7. The number of hydrogen-bond donors (Lipinski definition) is 1. The Morgan fingerprint density at radius 1 is 1.14 bits per heavy atom. The Balaban J connectivity index is 1.61. The van der Waals surface area contributed by atoms with Gasteiger partial charge in [-0.05, 0) is 48.6 Å². The first kappa shape index (κ1) is 20.7. The Morgan fingerprint density at radius 3 is 2.75 bits per heavy atom. The fourth-order valence-corrected chi connectivity index (χ4v) is 4.06. The van der Waals surface area contributed by atoms with E-state index >= 15 is 0 Å². The van der Waals surface area contributed by atoms with E-state index in [1.54, 1.807) is 0 Å². The Kier molecular flexibility index (Phi) is 7.73. The lowest BCUT2D eigenvalue weighted by Gasteiger charge is -2.38. The molecule has 1 aliphatic rings. The number of rotatable bonds is 9. The Labute approximate surface area is 172 Å². The SMILES string of the molecule is N#CCCCOc1cccc(CNCC2(c3ccccc3Cl)CCOCC2)c1. The van der Waals surface area contributed by atoms with Crippen LogP contribution >= 0.6 is 11.6 Å². The fourth-order valence-electron chi connectivity index (χ4n) is 3.73. The van der Waals surface area contributed by atoms with Gasteiger partial charge in [0.2, 0.25) is 0 Å². The second-order valence-electron chi connectivity index (χ2n) is 7.23. The molecule has 28 heavy (non-hydrogen) atoms. The second kappa shape index (κ2) is 10.5. The number of nitrogens with one attached hydrogen (secondary N) is 1. The molecule has 0 saturated carbocycles. The first-order chi connectivity index (χ1) is 13.7. The van der Waals surface area contributed by atoms with Crippen LogP contribution in [-0.2, 0) is 16.7 Å². The maximum Gasteiger partial charge on any atom is 0.119 e. The summed E-state index contributed by atoms with van der Waals surface area (Å²) in [6.07, 6.45) is 3.20. The van der Waals surface area contributed by atoms with Crippen molar-refractivity contribution in [3.63, 3.8) is 0 Å². The van der Waals surface area contributed by atoms with Crippen LogP contribution < -0.4 is 10.1 Å². The van der Waals surface area contributed by atoms with Crippen molar-refractivity contribution in [1.82, 2.24) is 5.32 Å². The molecule has 4 nitrogen and oxygen atoms in total. The summed E-state index contributed by atoms with van der Waals surface area (Å²) in [6.45, 7) is 3.72. The molecule has 0 spiro atoms. The molecule has 2 aromatic rings. The number of halogens is 1. The minimum absolute atomic E-state index is 0.00198. The predicted octanol–water partition coefficient (Wildman–Crippen LogP) is 4.86. The molecule has 1 saturated heterocycles. The Morgan fingerprint density at radius 2 is 1.96 bits per heavy atom. The molecule has 0 unspecified atom stereocenters. The zero-order valence-electron chi connectivity index (χ0n) is 16.1. The smallest absolute Gasteiger partial charge is 0.119 e. The molecule has 0 aromatic heterocycles. The highest BCUT2D eigenvalue weighted by atomic mass is 35.5. The highest BCUT2D eigenvalue weighted by Crippen LogP contribution is 2.38. The molecule has 1 N–H and O–H groups in total. The number of benzene rings is 2. The zero-order chi connectivity index (χ0) is 19.7. The first-order valence-electron chi connectivity index (χ1n) is 9.86. The summed E-state index contributed by atoms with van der Waals surface area (Å²) in [6, 6.07) is 18.4. The summed E-state index contributed by atoms with van der Waals surface area (Å²) in [4.78, 5) is 0. The lowest BCUT2D eigenvalue weighted by molar-refractivity contribution is 0.0498. The van der Waals surface area contributed by atoms with Gasteiger partial charge in [0.05, 0.1) is 12.7 Å². The standard InChI is InChI=1S/C23H27ClN2O2/c24-22-9-2-1-8-21(22)23(10-14-27-15-11-23)18-26-17-19-6-5-7-20(16-19)28-13-4-3-12-25/h1-2,5-9,16,26H,3-4,10-11,13-15,17-18H2. The maximum absolute atomic E-state index is 8.60. The lowest BCUT2D eigenvalue weighted by atomic mass is 9.74. The molecule has 0 atom stereocenters. The van der Waals surface area contributed by atoms with Crippen molar-refractivity contribution in [2.24, 2.45) is 0 Å². The monoisotopic (exact) mass is 398 g/mol. The van der Waals surface area contributed by atoms with Crippen LogP contribution in [0.2, 0.25) is 5.02 Å². The van der Waals surface area contributed by atoms with Gasteiger partial charge in [-0.2, -0.15) is 5.26 Å². The number of unbranched alkanes of at least 4 members (excludes halogenated alkanes) is 1. The zero-order valence-corrected chi connectivity index (χ0v) is 16.9. The van der Waals surface area contributed by atoms with E-state index in [4.69, 9.17) is 26.3 Å². The average Bonchev–Trinajstić information content (AvgIpc) is 2.73. The van der Waals surface area contributed by atoms with Crippen molar-refractivity contribution in [2.45, 2.75) is 37.6 Å². The topological polar surface area (TPSA) is 54.3 Å². The van der Waals surface area contributed by atoms with Crippen LogP contribution in [0.5, 0.6) is 5.75 Å². The lowest BCUT2D eigenvalue weighted by Crippen LogP contribution is -2.42. The molecule has 3 rings (SSSR count). The van der Waals surface area contributed by atoms with Gasteiger partial charge in [-0.15, -0.1) is 0 Å². The van der Waals surface area contributed by atoms with E-state index in [9.17, 15) is 0 Å². The number of nitriles is 1. The summed E-state index contributed by atoms with van der Waals surface area (Å²) >= 11 is 6.53. The summed E-state index contributed by atoms with van der Waals surface area (Å²) in [5.74, 6) is 0.851. The minimum atomic E-state index is 0.00198. The van der Waals surface area contributed by atoms with Crippen LogP contribution in [0.25, 0.3) is 0 Å². The summed E-state index contributed by atoms with van der Waals surface area (Å²) in [5, 5.41) is 13.1. The molecular formula is C23H27ClN2O2. The number of hydrogen-bond acceptors (Lipinski definition) is 4. The molecule has 0 amide bonds. The average molecular weight is 399 g/mol. The summed E-state index contributed by atoms with van der Waals surface area (Å²) < 4.78 is 11.4. The van der Waals surface area contributed by atoms with Gasteiger partial charge in [0.1, 0.15) is 5.75 Å². The van der Waals surface area contributed by atoms with Gasteiger partial charge >= 0.3 is 0 Å². The highest BCUT2D eigenvalue weighted by molar-refractivity contribution is 6.31. The van der Waals surface area contributed by atoms with Gasteiger partial charge in [0, 0.05) is 43.2 Å². The van der Waals surface area contributed by atoms with Crippen LogP contribution in [0.15, 0.2) is 48.5 Å². The molecule has 1 fully saturated rings. The quantitative estimate of drug-likeness (QED) is 0.613. The molecule has 0 radical (unpaired) electrons. The third kappa shape index (κ3) is 5.48. The van der Waals surface area contributed by atoms with E-state index in [0.29, 0.717) is 13.0 Å². The van der Waals surface area contributed by atoms with Gasteiger partial charge in [-0.3, -0.25) is 0 Å². The fraction of sp³-hybridized carbons (Fsp3) is 0.435. The van der Waals surface area contributed by atoms with E-state index in [2.05, 4.69) is 35.7 Å². The van der Waals surface area contributed by atoms with Gasteiger partial charge in [0.15, 0.2) is 0 Å². The third-order valence-corrected chi connectivity index (χ3v) is 5.62. The molecule has 0 aliphatic carbocycles. The van der Waals surface area contributed by atoms with E-state index in [-0.39, 0.29) is 5.41 Å². The van der Waals surface area contributed by atoms with Gasteiger partial charge in [-0.1, -0.05) is 41.9 Å². The van der Waals surface area contributed by atoms with Crippen LogP contribution in [0.3, 0.4) is 0 Å². The van der Waals surface area contributed by atoms with E-state index < -0.39 is 0 Å². The second-order valence-corrected chi connectivity index (χ2v) is 7.64. The van der Waals surface area contributed by atoms with E-state index in [1.165, 1.54) is 11.1 Å². The summed E-state index contributed by atoms with van der Waals surface area (Å²) in [5.41, 5.74) is 2.39. The van der Waals surface area contributed by atoms with Crippen LogP contribution in [-0.4, -0.2) is 26.4 Å². The highest BCUT2D eigenvalue weighted by Gasteiger charge is 2.35. The van der Waals surface area contributed by atoms with Gasteiger partial charge in [-0.25, -0.2) is 0 Å². The van der Waals surface area contributed by atoms with Crippen molar-refractivity contribution in [3.05, 3.63) is 64.7 Å². The Hall–Kier alpha value is -2.06. The van der Waals surface area contributed by atoms with Crippen LogP contribution in [0, 0.1) is 11.3 Å². The van der Waals surface area contributed by atoms with Crippen LogP contribution in [0.1, 0.15) is 36.8 Å². The molecule has 148 valence electrons. The number of ether oxygens (including phenoxy) is 2. The van der Waals surface area contributed by atoms with Crippen molar-refractivity contribution < 1.29 is 9.47 Å². The van der Waals surface area contributed by atoms with Gasteiger partial charge in [0.25, 0.3) is 0 Å². The number of nitrogens with zero attached hydrogens (tertiary/aromatic N) is 1. The minimum Gasteiger partial charge on any atom is -0.494 e. The maximum atomic E-state index is 8.60. The molecular weight excluding hydrogens is 372 g/mol. The van der Waals surface area contributed by atoms with Crippen molar-refractivity contribution in [3.8, 4) is 11.8 Å². The molecule has 5 heteroatoms. The van der Waals surface area contributed by atoms with Gasteiger partial charge < -0.3 is 14.8 Å². The third-order valence-electron chi connectivity index (χ3n) is 5.29. The van der Waals surface area contributed by atoms with Crippen LogP contribution in [0.4, 0.5) is 0 Å². The molecule has 1 aliphatic heterocycles. The molecule has 1 heterocycles. The van der Waals surface area contributed by atoms with E-state index in [1.807, 2.05) is 24.3 Å². The molecule has 0 bridgehead atoms. The largest absolute Gasteiger partial charge is 0.494 e. The van der Waals surface area contributed by atoms with Crippen molar-refractivity contribution in [1.29, 1.82) is 5.26 Å². The Bertz CT molecular complexity index is 797. The van der Waals surface area contributed by atoms with Crippen molar-refractivity contribution in [2.75, 3.05) is 26.4 Å². The molecule has 2 aromatic carbocycles. The van der Waals surface area contributed by atoms with Crippen molar-refractivity contribution >= 4 is 11.6 Å². The summed E-state index contributed by atoms with van der Waals surface area (Å²) in [7, 11) is 0. The predicted molar refractivity (Wildman–Crippen MR) is 112 cm³/mol. The van der Waals surface area contributed by atoms with E-state index in [0.717, 1.165) is 56.3 Å².